The summed E-state index contributed by atoms with van der Waals surface area (Å²) in [5.74, 6) is 0.384. The molecule has 0 atom stereocenters. The zero-order chi connectivity index (χ0) is 11.7. The summed E-state index contributed by atoms with van der Waals surface area (Å²) in [4.78, 5) is 14.6. The molecule has 0 saturated heterocycles. The molecule has 0 amide bonds. The lowest BCUT2D eigenvalue weighted by Gasteiger charge is -2.05. The van der Waals surface area contributed by atoms with E-state index in [1.165, 1.54) is 0 Å². The number of hydrogen-bond donors (Lipinski definition) is 0. The maximum absolute atomic E-state index is 10.7. The minimum Gasteiger partial charge on any atom is -0.323 e. The normalized spacial score (nSPS) is 10.7. The van der Waals surface area contributed by atoms with Crippen LogP contribution in [-0.4, -0.2) is 25.6 Å². The van der Waals surface area contributed by atoms with Crippen LogP contribution in [0.5, 0.6) is 0 Å². The van der Waals surface area contributed by atoms with Gasteiger partial charge in [0.2, 0.25) is 0 Å². The van der Waals surface area contributed by atoms with Crippen LogP contribution in [0.2, 0.25) is 5.02 Å². The van der Waals surface area contributed by atoms with Gasteiger partial charge in [-0.15, -0.1) is 0 Å². The third-order valence-corrected chi connectivity index (χ3v) is 2.93. The Morgan fingerprint density at radius 2 is 2.31 bits per heavy atom. The lowest BCUT2D eigenvalue weighted by atomic mass is 10.3. The van der Waals surface area contributed by atoms with Gasteiger partial charge in [-0.05, 0) is 6.92 Å². The van der Waals surface area contributed by atoms with Gasteiger partial charge in [-0.1, -0.05) is 11.6 Å². The van der Waals surface area contributed by atoms with Crippen LogP contribution in [0.25, 0.3) is 0 Å². The summed E-state index contributed by atoms with van der Waals surface area (Å²) in [5, 5.41) is 4.84. The lowest BCUT2D eigenvalue weighted by Crippen LogP contribution is -2.08. The van der Waals surface area contributed by atoms with Gasteiger partial charge in [0.1, 0.15) is 0 Å². The zero-order valence-electron chi connectivity index (χ0n) is 9.01. The SMILES string of the molecule is Cc1nn(C)c(Cn2ccnc2C=O)c1Cl. The van der Waals surface area contributed by atoms with E-state index in [0.29, 0.717) is 17.4 Å². The van der Waals surface area contributed by atoms with Crippen LogP contribution in [0.4, 0.5) is 0 Å². The van der Waals surface area contributed by atoms with E-state index in [0.717, 1.165) is 17.7 Å². The molecule has 0 aliphatic heterocycles. The summed E-state index contributed by atoms with van der Waals surface area (Å²) in [5.41, 5.74) is 1.65. The van der Waals surface area contributed by atoms with Crippen LogP contribution in [0.3, 0.4) is 0 Å². The molecule has 84 valence electrons. The number of aryl methyl sites for hydroxylation is 2. The van der Waals surface area contributed by atoms with E-state index in [2.05, 4.69) is 10.1 Å². The minimum atomic E-state index is 0.384. The highest BCUT2D eigenvalue weighted by Gasteiger charge is 2.12. The van der Waals surface area contributed by atoms with Crippen LogP contribution >= 0.6 is 11.6 Å². The average Bonchev–Trinajstić information content (AvgIpc) is 2.79. The quantitative estimate of drug-likeness (QED) is 0.761. The number of carbonyl (C=O) groups excluding carboxylic acids is 1. The molecule has 0 fully saturated rings. The van der Waals surface area contributed by atoms with Crippen molar-refractivity contribution in [2.75, 3.05) is 0 Å². The molecule has 0 saturated carbocycles. The van der Waals surface area contributed by atoms with Gasteiger partial charge >= 0.3 is 0 Å². The second-order valence-electron chi connectivity index (χ2n) is 3.50. The van der Waals surface area contributed by atoms with Crippen LogP contribution in [0.15, 0.2) is 12.4 Å². The molecule has 6 heteroatoms. The molecule has 0 radical (unpaired) electrons. The number of hydrogen-bond acceptors (Lipinski definition) is 3. The molecular formula is C10H11ClN4O. The molecule has 0 unspecified atom stereocenters. The Bertz CT molecular complexity index is 529. The monoisotopic (exact) mass is 238 g/mol. The second kappa shape index (κ2) is 4.09. The van der Waals surface area contributed by atoms with E-state index in [-0.39, 0.29) is 0 Å². The summed E-state index contributed by atoms with van der Waals surface area (Å²) >= 11 is 6.12. The first-order valence-electron chi connectivity index (χ1n) is 4.77. The molecule has 5 nitrogen and oxygen atoms in total. The van der Waals surface area contributed by atoms with Crippen LogP contribution in [0.1, 0.15) is 22.0 Å². The molecule has 16 heavy (non-hydrogen) atoms. The van der Waals surface area contributed by atoms with Crippen LogP contribution in [-0.2, 0) is 13.6 Å². The Hall–Kier alpha value is -1.62. The average molecular weight is 239 g/mol. The molecule has 0 bridgehead atoms. The fraction of sp³-hybridized carbons (Fsp3) is 0.300. The van der Waals surface area contributed by atoms with Crippen molar-refractivity contribution in [1.29, 1.82) is 0 Å². The first-order valence-corrected chi connectivity index (χ1v) is 5.15. The number of aromatic nitrogens is 4. The predicted molar refractivity (Wildman–Crippen MR) is 59.7 cm³/mol. The van der Waals surface area contributed by atoms with Crippen molar-refractivity contribution >= 4 is 17.9 Å². The maximum atomic E-state index is 10.7. The van der Waals surface area contributed by atoms with Crippen molar-refractivity contribution in [3.05, 3.63) is 34.6 Å². The van der Waals surface area contributed by atoms with Crippen molar-refractivity contribution in [2.45, 2.75) is 13.5 Å². The number of nitrogens with zero attached hydrogens (tertiary/aromatic N) is 4. The van der Waals surface area contributed by atoms with E-state index in [9.17, 15) is 4.79 Å². The highest BCUT2D eigenvalue weighted by molar-refractivity contribution is 6.31. The van der Waals surface area contributed by atoms with Gasteiger partial charge in [-0.25, -0.2) is 4.98 Å². The molecule has 0 aliphatic rings. The largest absolute Gasteiger partial charge is 0.323 e. The van der Waals surface area contributed by atoms with E-state index in [1.54, 1.807) is 21.6 Å². The Balaban J connectivity index is 2.37. The van der Waals surface area contributed by atoms with Crippen molar-refractivity contribution in [1.82, 2.24) is 19.3 Å². The van der Waals surface area contributed by atoms with Gasteiger partial charge in [0.05, 0.1) is 23.0 Å². The first-order chi connectivity index (χ1) is 7.63. The van der Waals surface area contributed by atoms with E-state index < -0.39 is 0 Å². The second-order valence-corrected chi connectivity index (χ2v) is 3.88. The summed E-state index contributed by atoms with van der Waals surface area (Å²) in [6, 6.07) is 0. The summed E-state index contributed by atoms with van der Waals surface area (Å²) in [7, 11) is 1.83. The Morgan fingerprint density at radius 1 is 1.56 bits per heavy atom. The standard InChI is InChI=1S/C10H11ClN4O/c1-7-10(11)8(14(2)13-7)5-15-4-3-12-9(15)6-16/h3-4,6H,5H2,1-2H3. The Kier molecular flexibility index (Phi) is 2.78. The molecule has 2 aromatic heterocycles. The summed E-state index contributed by atoms with van der Waals surface area (Å²) in [6.07, 6.45) is 4.04. The fourth-order valence-corrected chi connectivity index (χ4v) is 1.81. The van der Waals surface area contributed by atoms with Crippen LogP contribution in [0, 0.1) is 6.92 Å². The van der Waals surface area contributed by atoms with Gasteiger partial charge in [0.25, 0.3) is 0 Å². The van der Waals surface area contributed by atoms with Gasteiger partial charge in [-0.2, -0.15) is 5.10 Å². The zero-order valence-corrected chi connectivity index (χ0v) is 9.77. The predicted octanol–water partition coefficient (Wildman–Crippen LogP) is 1.44. The smallest absolute Gasteiger partial charge is 0.185 e. The highest BCUT2D eigenvalue weighted by atomic mass is 35.5. The molecule has 2 heterocycles. The number of imidazole rings is 1. The van der Waals surface area contributed by atoms with Gasteiger partial charge < -0.3 is 4.57 Å². The maximum Gasteiger partial charge on any atom is 0.185 e. The number of rotatable bonds is 3. The van der Waals surface area contributed by atoms with E-state index in [1.807, 2.05) is 14.0 Å². The van der Waals surface area contributed by atoms with Crippen LogP contribution < -0.4 is 0 Å². The molecule has 0 aromatic carbocycles. The third-order valence-electron chi connectivity index (χ3n) is 2.43. The van der Waals surface area contributed by atoms with Crippen molar-refractivity contribution < 1.29 is 4.79 Å². The molecule has 2 aromatic rings. The third kappa shape index (κ3) is 1.74. The van der Waals surface area contributed by atoms with Crippen molar-refractivity contribution in [3.63, 3.8) is 0 Å². The van der Waals surface area contributed by atoms with Gasteiger partial charge in [0.15, 0.2) is 12.1 Å². The number of aldehydes is 1. The van der Waals surface area contributed by atoms with Crippen molar-refractivity contribution in [3.8, 4) is 0 Å². The van der Waals surface area contributed by atoms with E-state index >= 15 is 0 Å². The van der Waals surface area contributed by atoms with E-state index in [4.69, 9.17) is 11.6 Å². The van der Waals surface area contributed by atoms with Gasteiger partial charge in [-0.3, -0.25) is 9.48 Å². The molecule has 0 aliphatic carbocycles. The number of carbonyl (C=O) groups is 1. The molecular weight excluding hydrogens is 228 g/mol. The molecule has 0 N–H and O–H groups in total. The fourth-order valence-electron chi connectivity index (χ4n) is 1.59. The van der Waals surface area contributed by atoms with Crippen molar-refractivity contribution in [2.24, 2.45) is 7.05 Å². The minimum absolute atomic E-state index is 0.384. The van der Waals surface area contributed by atoms with Gasteiger partial charge in [0, 0.05) is 19.4 Å². The summed E-state index contributed by atoms with van der Waals surface area (Å²) < 4.78 is 3.45. The lowest BCUT2D eigenvalue weighted by molar-refractivity contribution is 0.111. The summed E-state index contributed by atoms with van der Waals surface area (Å²) in [6.45, 7) is 2.34. The Morgan fingerprint density at radius 3 is 2.88 bits per heavy atom. The molecule has 2 rings (SSSR count). The topological polar surface area (TPSA) is 52.7 Å². The first kappa shape index (κ1) is 10.9. The molecule has 0 spiro atoms. The Labute approximate surface area is 97.7 Å². The number of halogens is 1. The highest BCUT2D eigenvalue weighted by Crippen LogP contribution is 2.20.